The van der Waals surface area contributed by atoms with Crippen LogP contribution in [-0.4, -0.2) is 27.1 Å². The van der Waals surface area contributed by atoms with Gasteiger partial charge in [0.2, 0.25) is 0 Å². The minimum atomic E-state index is -0.816. The van der Waals surface area contributed by atoms with Crippen LogP contribution in [0.25, 0.3) is 0 Å². The number of hydrogen-bond acceptors (Lipinski definition) is 4. The lowest BCUT2D eigenvalue weighted by atomic mass is 10.0. The minimum absolute atomic E-state index is 0.329. The van der Waals surface area contributed by atoms with Crippen LogP contribution in [0.2, 0.25) is 0 Å². The van der Waals surface area contributed by atoms with Gasteiger partial charge in [-0.1, -0.05) is 44.2 Å². The van der Waals surface area contributed by atoms with Gasteiger partial charge >= 0.3 is 5.97 Å². The number of hydrogen-bond donors (Lipinski definition) is 2. The van der Waals surface area contributed by atoms with Gasteiger partial charge in [-0.25, -0.2) is 9.97 Å². The molecule has 5 heteroatoms. The highest BCUT2D eigenvalue weighted by atomic mass is 16.4. The first-order valence-corrected chi connectivity index (χ1v) is 8.34. The molecule has 0 spiro atoms. The van der Waals surface area contributed by atoms with E-state index < -0.39 is 12.0 Å². The Morgan fingerprint density at radius 3 is 2.33 bits per heavy atom. The number of nitrogens with zero attached hydrogens (tertiary/aromatic N) is 2. The van der Waals surface area contributed by atoms with Crippen molar-refractivity contribution < 1.29 is 9.90 Å². The van der Waals surface area contributed by atoms with E-state index in [0.29, 0.717) is 18.9 Å². The summed E-state index contributed by atoms with van der Waals surface area (Å²) < 4.78 is 0. The van der Waals surface area contributed by atoms with E-state index in [1.807, 2.05) is 32.0 Å². The maximum atomic E-state index is 11.2. The first kappa shape index (κ1) is 18.1. The van der Waals surface area contributed by atoms with Crippen LogP contribution in [0.15, 0.2) is 42.7 Å². The molecule has 2 N–H and O–H groups in total. The molecular formula is C19H25N3O2. The number of aryl methyl sites for hydroxylation is 2. The number of benzene rings is 1. The number of nitrogens with one attached hydrogen (secondary N) is 1. The summed E-state index contributed by atoms with van der Waals surface area (Å²) in [7, 11) is 0. The fraction of sp³-hybridized carbons (Fsp3) is 0.421. The van der Waals surface area contributed by atoms with Gasteiger partial charge in [0.05, 0.1) is 0 Å². The summed E-state index contributed by atoms with van der Waals surface area (Å²) in [6.45, 7) is 4.49. The van der Waals surface area contributed by atoms with Gasteiger partial charge in [-0.15, -0.1) is 0 Å². The van der Waals surface area contributed by atoms with Gasteiger partial charge in [0.15, 0.2) is 0 Å². The van der Waals surface area contributed by atoms with Gasteiger partial charge in [-0.2, -0.15) is 0 Å². The third kappa shape index (κ3) is 6.08. The smallest absolute Gasteiger partial charge is 0.320 e. The topological polar surface area (TPSA) is 75.1 Å². The Kier molecular flexibility index (Phi) is 6.88. The fourth-order valence-electron chi connectivity index (χ4n) is 2.49. The van der Waals surface area contributed by atoms with E-state index in [1.54, 1.807) is 12.4 Å². The number of aliphatic carboxylic acids is 1. The molecule has 0 aliphatic heterocycles. The molecule has 2 rings (SSSR count). The maximum Gasteiger partial charge on any atom is 0.320 e. The Labute approximate surface area is 143 Å². The second kappa shape index (κ2) is 9.13. The molecule has 5 nitrogen and oxygen atoms in total. The molecule has 1 aromatic heterocycles. The minimum Gasteiger partial charge on any atom is -0.480 e. The lowest BCUT2D eigenvalue weighted by Crippen LogP contribution is -2.37. The Bertz CT molecular complexity index is 627. The van der Waals surface area contributed by atoms with Gasteiger partial charge in [0.1, 0.15) is 11.9 Å². The molecule has 1 heterocycles. The molecule has 0 bridgehead atoms. The summed E-state index contributed by atoms with van der Waals surface area (Å²) in [4.78, 5) is 20.0. The van der Waals surface area contributed by atoms with Crippen molar-refractivity contribution in [2.45, 2.75) is 45.7 Å². The van der Waals surface area contributed by atoms with Crippen LogP contribution in [0.5, 0.6) is 0 Å². The zero-order chi connectivity index (χ0) is 17.4. The van der Waals surface area contributed by atoms with Crippen molar-refractivity contribution in [1.29, 1.82) is 0 Å². The SMILES string of the molecule is CC(C)CC(NCc1cnc(CCc2ccccc2)nc1)C(=O)O. The molecule has 1 aromatic carbocycles. The van der Waals surface area contributed by atoms with Crippen molar-refractivity contribution in [2.75, 3.05) is 0 Å². The Morgan fingerprint density at radius 1 is 1.08 bits per heavy atom. The first-order chi connectivity index (χ1) is 11.5. The Morgan fingerprint density at radius 2 is 1.75 bits per heavy atom. The van der Waals surface area contributed by atoms with Crippen LogP contribution in [0.1, 0.15) is 37.2 Å². The lowest BCUT2D eigenvalue weighted by molar-refractivity contribution is -0.140. The van der Waals surface area contributed by atoms with Gasteiger partial charge in [-0.05, 0) is 24.3 Å². The van der Waals surface area contributed by atoms with Gasteiger partial charge in [-0.3, -0.25) is 4.79 Å². The van der Waals surface area contributed by atoms with Gasteiger partial charge in [0.25, 0.3) is 0 Å². The molecule has 0 fully saturated rings. The zero-order valence-corrected chi connectivity index (χ0v) is 14.3. The number of carboxylic acid groups (broad SMARTS) is 1. The molecule has 2 aromatic rings. The van der Waals surface area contributed by atoms with Gasteiger partial charge < -0.3 is 10.4 Å². The summed E-state index contributed by atoms with van der Waals surface area (Å²) in [6.07, 6.45) is 5.85. The summed E-state index contributed by atoms with van der Waals surface area (Å²) in [5.41, 5.74) is 2.17. The van der Waals surface area contributed by atoms with Gasteiger partial charge in [0, 0.05) is 30.9 Å². The molecule has 1 atom stereocenters. The molecule has 0 aliphatic rings. The summed E-state index contributed by atoms with van der Waals surface area (Å²) in [5.74, 6) is 0.318. The highest BCUT2D eigenvalue weighted by Gasteiger charge is 2.18. The van der Waals surface area contributed by atoms with E-state index >= 15 is 0 Å². The average Bonchev–Trinajstić information content (AvgIpc) is 2.58. The summed E-state index contributed by atoms with van der Waals surface area (Å²) in [5, 5.41) is 12.3. The first-order valence-electron chi connectivity index (χ1n) is 8.34. The average molecular weight is 327 g/mol. The van der Waals surface area contributed by atoms with Crippen LogP contribution in [-0.2, 0) is 24.2 Å². The largest absolute Gasteiger partial charge is 0.480 e. The molecular weight excluding hydrogens is 302 g/mol. The van der Waals surface area contributed by atoms with Crippen molar-refractivity contribution in [3.8, 4) is 0 Å². The molecule has 128 valence electrons. The third-order valence-corrected chi connectivity index (χ3v) is 3.80. The molecule has 0 saturated heterocycles. The standard InChI is InChI=1S/C19H25N3O2/c1-14(2)10-17(19(23)24)20-11-16-12-21-18(22-13-16)9-8-15-6-4-3-5-7-15/h3-7,12-14,17,20H,8-11H2,1-2H3,(H,23,24). The predicted octanol–water partition coefficient (Wildman–Crippen LogP) is 2.85. The highest BCUT2D eigenvalue weighted by Crippen LogP contribution is 2.07. The summed E-state index contributed by atoms with van der Waals surface area (Å²) in [6, 6.07) is 9.72. The number of carboxylic acids is 1. The van der Waals surface area contributed by atoms with Crippen LogP contribution in [0.3, 0.4) is 0 Å². The molecule has 0 radical (unpaired) electrons. The zero-order valence-electron chi connectivity index (χ0n) is 14.3. The van der Waals surface area contributed by atoms with Crippen LogP contribution in [0, 0.1) is 5.92 Å². The number of rotatable bonds is 9. The quantitative estimate of drug-likeness (QED) is 0.741. The van der Waals surface area contributed by atoms with E-state index in [-0.39, 0.29) is 0 Å². The maximum absolute atomic E-state index is 11.2. The Hall–Kier alpha value is -2.27. The third-order valence-electron chi connectivity index (χ3n) is 3.80. The highest BCUT2D eigenvalue weighted by molar-refractivity contribution is 5.73. The van der Waals surface area contributed by atoms with Crippen molar-refractivity contribution in [3.63, 3.8) is 0 Å². The van der Waals surface area contributed by atoms with E-state index in [2.05, 4.69) is 27.4 Å². The molecule has 0 aliphatic carbocycles. The second-order valence-corrected chi connectivity index (χ2v) is 6.39. The second-order valence-electron chi connectivity index (χ2n) is 6.39. The molecule has 0 saturated carbocycles. The summed E-state index contributed by atoms with van der Waals surface area (Å²) >= 11 is 0. The van der Waals surface area contributed by atoms with Crippen LogP contribution in [0.4, 0.5) is 0 Å². The predicted molar refractivity (Wildman–Crippen MR) is 93.6 cm³/mol. The van der Waals surface area contributed by atoms with Crippen LogP contribution < -0.4 is 5.32 Å². The number of aromatic nitrogens is 2. The molecule has 1 unspecified atom stereocenters. The van der Waals surface area contributed by atoms with E-state index in [0.717, 1.165) is 24.2 Å². The van der Waals surface area contributed by atoms with Crippen molar-refractivity contribution in [2.24, 2.45) is 5.92 Å². The van der Waals surface area contributed by atoms with E-state index in [9.17, 15) is 9.90 Å². The normalized spacial score (nSPS) is 12.3. The Balaban J connectivity index is 1.84. The number of carbonyl (C=O) groups is 1. The van der Waals surface area contributed by atoms with Crippen molar-refractivity contribution in [1.82, 2.24) is 15.3 Å². The molecule has 24 heavy (non-hydrogen) atoms. The lowest BCUT2D eigenvalue weighted by Gasteiger charge is -2.16. The van der Waals surface area contributed by atoms with Crippen molar-refractivity contribution in [3.05, 3.63) is 59.7 Å². The fourth-order valence-corrected chi connectivity index (χ4v) is 2.49. The van der Waals surface area contributed by atoms with E-state index in [1.165, 1.54) is 5.56 Å². The van der Waals surface area contributed by atoms with Crippen LogP contribution >= 0.6 is 0 Å². The molecule has 0 amide bonds. The van der Waals surface area contributed by atoms with Crippen molar-refractivity contribution >= 4 is 5.97 Å². The van der Waals surface area contributed by atoms with E-state index in [4.69, 9.17) is 0 Å². The monoisotopic (exact) mass is 327 g/mol.